The fourth-order valence-electron chi connectivity index (χ4n) is 3.75. The van der Waals surface area contributed by atoms with E-state index in [9.17, 15) is 9.59 Å². The zero-order valence-electron chi connectivity index (χ0n) is 19.4. The van der Waals surface area contributed by atoms with Crippen LogP contribution in [-0.2, 0) is 24.9 Å². The first-order valence-electron chi connectivity index (χ1n) is 10.7. The first-order valence-corrected chi connectivity index (χ1v) is 12.5. The molecule has 0 aliphatic carbocycles. The Kier molecular flexibility index (Phi) is 6.71. The van der Waals surface area contributed by atoms with E-state index >= 15 is 0 Å². The highest BCUT2D eigenvalue weighted by Gasteiger charge is 2.17. The minimum absolute atomic E-state index is 0.0677. The van der Waals surface area contributed by atoms with Crippen LogP contribution in [0.25, 0.3) is 10.2 Å². The number of nitrogens with one attached hydrogen (secondary N) is 1. The molecule has 0 atom stereocenters. The van der Waals surface area contributed by atoms with Crippen LogP contribution < -0.4 is 10.9 Å². The van der Waals surface area contributed by atoms with Crippen molar-refractivity contribution in [2.45, 2.75) is 45.9 Å². The summed E-state index contributed by atoms with van der Waals surface area (Å²) in [5, 5.41) is 8.86. The molecule has 0 radical (unpaired) electrons. The number of carbonyl (C=O) groups excluding carboxylic acids is 1. The molecule has 0 aliphatic heterocycles. The van der Waals surface area contributed by atoms with Crippen molar-refractivity contribution < 1.29 is 4.79 Å². The second kappa shape index (κ2) is 9.52. The second-order valence-corrected chi connectivity index (χ2v) is 10.2. The van der Waals surface area contributed by atoms with Crippen molar-refractivity contribution in [1.82, 2.24) is 24.6 Å². The van der Waals surface area contributed by atoms with Crippen LogP contribution in [0, 0.1) is 27.7 Å². The minimum atomic E-state index is -0.109. The molecule has 1 amide bonds. The van der Waals surface area contributed by atoms with Crippen molar-refractivity contribution in [3.05, 3.63) is 73.6 Å². The molecule has 0 fully saturated rings. The number of fused-ring (bicyclic) bond motifs is 1. The highest BCUT2D eigenvalue weighted by atomic mass is 32.2. The first-order chi connectivity index (χ1) is 15.8. The van der Waals surface area contributed by atoms with E-state index in [-0.39, 0.29) is 17.2 Å². The Bertz CT molecular complexity index is 1390. The van der Waals surface area contributed by atoms with Gasteiger partial charge in [-0.25, -0.2) is 4.98 Å². The third kappa shape index (κ3) is 4.74. The van der Waals surface area contributed by atoms with Gasteiger partial charge in [0.25, 0.3) is 5.56 Å². The van der Waals surface area contributed by atoms with E-state index in [2.05, 4.69) is 27.5 Å². The maximum absolute atomic E-state index is 12.8. The van der Waals surface area contributed by atoms with Crippen molar-refractivity contribution in [1.29, 1.82) is 0 Å². The fourth-order valence-corrected chi connectivity index (χ4v) is 5.63. The molecule has 3 heterocycles. The molecule has 1 N–H and O–H groups in total. The van der Waals surface area contributed by atoms with E-state index in [0.717, 1.165) is 32.2 Å². The third-order valence-corrected chi connectivity index (χ3v) is 8.00. The van der Waals surface area contributed by atoms with Gasteiger partial charge in [0, 0.05) is 29.7 Å². The summed E-state index contributed by atoms with van der Waals surface area (Å²) in [7, 11) is 1.70. The van der Waals surface area contributed by atoms with Crippen LogP contribution in [0.4, 0.5) is 0 Å². The summed E-state index contributed by atoms with van der Waals surface area (Å²) in [4.78, 5) is 31.8. The van der Waals surface area contributed by atoms with Crippen LogP contribution in [0.15, 0.2) is 40.3 Å². The van der Waals surface area contributed by atoms with Crippen molar-refractivity contribution in [2.24, 2.45) is 7.05 Å². The molecule has 0 spiro atoms. The summed E-state index contributed by atoms with van der Waals surface area (Å²) < 4.78 is 3.50. The average molecular weight is 482 g/mol. The number of thiophene rings is 1. The maximum Gasteiger partial charge on any atom is 0.262 e. The lowest BCUT2D eigenvalue weighted by Gasteiger charge is -2.09. The number of nitrogens with zero attached hydrogens (tertiary/aromatic N) is 4. The average Bonchev–Trinajstić information content (AvgIpc) is 3.23. The normalized spacial score (nSPS) is 11.3. The Balaban J connectivity index is 1.40. The molecule has 3 aromatic heterocycles. The summed E-state index contributed by atoms with van der Waals surface area (Å²) in [5.41, 5.74) is 5.08. The van der Waals surface area contributed by atoms with Gasteiger partial charge in [-0.15, -0.1) is 11.3 Å². The molecule has 0 unspecified atom stereocenters. The first kappa shape index (κ1) is 23.3. The number of hydrogen-bond acceptors (Lipinski definition) is 6. The van der Waals surface area contributed by atoms with Gasteiger partial charge in [-0.2, -0.15) is 5.10 Å². The van der Waals surface area contributed by atoms with E-state index in [1.165, 1.54) is 33.2 Å². The van der Waals surface area contributed by atoms with Crippen LogP contribution in [-0.4, -0.2) is 31.0 Å². The van der Waals surface area contributed by atoms with Gasteiger partial charge in [0.15, 0.2) is 5.16 Å². The van der Waals surface area contributed by atoms with Crippen LogP contribution in [0.5, 0.6) is 0 Å². The summed E-state index contributed by atoms with van der Waals surface area (Å²) >= 11 is 2.79. The number of benzene rings is 1. The van der Waals surface area contributed by atoms with Gasteiger partial charge in [0.05, 0.1) is 23.4 Å². The van der Waals surface area contributed by atoms with Gasteiger partial charge in [-0.05, 0) is 38.8 Å². The van der Waals surface area contributed by atoms with Crippen molar-refractivity contribution in [2.75, 3.05) is 5.75 Å². The number of amides is 1. The lowest BCUT2D eigenvalue weighted by atomic mass is 10.2. The zero-order valence-corrected chi connectivity index (χ0v) is 21.1. The number of hydrogen-bond donors (Lipinski definition) is 1. The van der Waals surface area contributed by atoms with E-state index in [1.54, 1.807) is 7.05 Å². The quantitative estimate of drug-likeness (QED) is 0.320. The Morgan fingerprint density at radius 1 is 1.15 bits per heavy atom. The monoisotopic (exact) mass is 481 g/mol. The molecule has 9 heteroatoms. The van der Waals surface area contributed by atoms with Crippen molar-refractivity contribution in [3.8, 4) is 0 Å². The largest absolute Gasteiger partial charge is 0.351 e. The number of thioether (sulfide) groups is 1. The van der Waals surface area contributed by atoms with E-state index in [1.807, 2.05) is 50.6 Å². The fraction of sp³-hybridized carbons (Fsp3) is 0.333. The molecule has 1 aromatic carbocycles. The Morgan fingerprint density at radius 3 is 2.61 bits per heavy atom. The minimum Gasteiger partial charge on any atom is -0.351 e. The molecule has 0 bridgehead atoms. The summed E-state index contributed by atoms with van der Waals surface area (Å²) in [6, 6.07) is 10.2. The molecule has 4 rings (SSSR count). The smallest absolute Gasteiger partial charge is 0.262 e. The summed E-state index contributed by atoms with van der Waals surface area (Å²) in [6.07, 6.45) is 0. The van der Waals surface area contributed by atoms with E-state index in [4.69, 9.17) is 0 Å². The molecule has 172 valence electrons. The highest BCUT2D eigenvalue weighted by Crippen LogP contribution is 2.28. The number of carbonyl (C=O) groups is 1. The van der Waals surface area contributed by atoms with Gasteiger partial charge in [-0.1, -0.05) is 42.1 Å². The van der Waals surface area contributed by atoms with Crippen LogP contribution in [0.3, 0.4) is 0 Å². The Hall–Kier alpha value is -2.91. The van der Waals surface area contributed by atoms with Crippen LogP contribution in [0.1, 0.15) is 33.0 Å². The summed E-state index contributed by atoms with van der Waals surface area (Å²) in [5.74, 6) is 0.0771. The number of rotatable bonds is 7. The molecular formula is C24H27N5O2S2. The van der Waals surface area contributed by atoms with Gasteiger partial charge in [0.1, 0.15) is 4.83 Å². The van der Waals surface area contributed by atoms with Crippen LogP contribution in [0.2, 0.25) is 0 Å². The third-order valence-electron chi connectivity index (χ3n) is 5.87. The molecule has 0 aliphatic rings. The number of aromatic nitrogens is 4. The van der Waals surface area contributed by atoms with Gasteiger partial charge >= 0.3 is 0 Å². The van der Waals surface area contributed by atoms with Gasteiger partial charge in [0.2, 0.25) is 5.91 Å². The van der Waals surface area contributed by atoms with Gasteiger partial charge in [-0.3, -0.25) is 18.8 Å². The van der Waals surface area contributed by atoms with E-state index < -0.39 is 0 Å². The van der Waals surface area contributed by atoms with Crippen molar-refractivity contribution >= 4 is 39.2 Å². The predicted molar refractivity (Wildman–Crippen MR) is 134 cm³/mol. The molecule has 4 aromatic rings. The molecule has 7 nitrogen and oxygen atoms in total. The van der Waals surface area contributed by atoms with Crippen LogP contribution >= 0.6 is 23.1 Å². The second-order valence-electron chi connectivity index (χ2n) is 8.08. The topological polar surface area (TPSA) is 81.8 Å². The number of aryl methyl sites for hydroxylation is 3. The standard InChI is InChI=1S/C24H27N5O2S2/c1-14-17(4)33-22-21(14)23(31)28(5)24(26-22)32-13-20(30)25-11-19-15(2)27-29(16(19)3)12-18-9-7-6-8-10-18/h6-10H,11-13H2,1-5H3,(H,25,30). The zero-order chi connectivity index (χ0) is 23.7. The highest BCUT2D eigenvalue weighted by molar-refractivity contribution is 7.99. The van der Waals surface area contributed by atoms with E-state index in [0.29, 0.717) is 23.6 Å². The summed E-state index contributed by atoms with van der Waals surface area (Å²) in [6.45, 7) is 9.04. The molecule has 0 saturated heterocycles. The maximum atomic E-state index is 12.8. The lowest BCUT2D eigenvalue weighted by molar-refractivity contribution is -0.118. The molecule has 0 saturated carbocycles. The van der Waals surface area contributed by atoms with Crippen molar-refractivity contribution in [3.63, 3.8) is 0 Å². The Morgan fingerprint density at radius 2 is 1.88 bits per heavy atom. The lowest BCUT2D eigenvalue weighted by Crippen LogP contribution is -2.26. The predicted octanol–water partition coefficient (Wildman–Crippen LogP) is 3.88. The van der Waals surface area contributed by atoms with Gasteiger partial charge < -0.3 is 5.32 Å². The molecule has 33 heavy (non-hydrogen) atoms. The SMILES string of the molecule is Cc1nn(Cc2ccccc2)c(C)c1CNC(=O)CSc1nc2sc(C)c(C)c2c(=O)n1C. The molecular weight excluding hydrogens is 454 g/mol. The Labute approximate surface area is 200 Å².